The van der Waals surface area contributed by atoms with Gasteiger partial charge in [0.05, 0.1) is 5.75 Å². The van der Waals surface area contributed by atoms with Crippen LogP contribution >= 0.6 is 11.8 Å². The predicted molar refractivity (Wildman–Crippen MR) is 59.7 cm³/mol. The topological polar surface area (TPSA) is 60.9 Å². The summed E-state index contributed by atoms with van der Waals surface area (Å²) in [5.74, 6) is 0.0185. The van der Waals surface area contributed by atoms with Gasteiger partial charge in [-0.05, 0) is 12.8 Å². The Bertz CT molecular complexity index is 344. The molecule has 1 heterocycles. The quantitative estimate of drug-likeness (QED) is 0.791. The fraction of sp³-hybridized carbons (Fsp3) is 0.600. The summed E-state index contributed by atoms with van der Waals surface area (Å²) in [6.45, 7) is 0. The first-order valence-electron chi connectivity index (χ1n) is 5.21. The number of hydrogen-bond donors (Lipinski definition) is 1. The smallest absolute Gasteiger partial charge is 0.227 e. The molecule has 1 aromatic heterocycles. The Morgan fingerprint density at radius 1 is 1.60 bits per heavy atom. The average molecular weight is 225 g/mol. The van der Waals surface area contributed by atoms with E-state index in [9.17, 15) is 4.79 Å². The first-order chi connectivity index (χ1) is 7.27. The Labute approximate surface area is 93.2 Å². The van der Waals surface area contributed by atoms with Crippen molar-refractivity contribution in [3.63, 3.8) is 0 Å². The largest absolute Gasteiger partial charge is 0.369 e. The summed E-state index contributed by atoms with van der Waals surface area (Å²) >= 11 is 1.43. The van der Waals surface area contributed by atoms with Gasteiger partial charge in [-0.15, -0.1) is 0 Å². The maximum Gasteiger partial charge on any atom is 0.227 e. The van der Waals surface area contributed by atoms with Crippen LogP contribution in [0.5, 0.6) is 0 Å². The summed E-state index contributed by atoms with van der Waals surface area (Å²) < 4.78 is 2.18. The van der Waals surface area contributed by atoms with Gasteiger partial charge in [-0.3, -0.25) is 4.79 Å². The molecule has 0 spiro atoms. The highest BCUT2D eigenvalue weighted by atomic mass is 32.2. The van der Waals surface area contributed by atoms with Crippen LogP contribution < -0.4 is 5.73 Å². The number of aromatic nitrogens is 2. The summed E-state index contributed by atoms with van der Waals surface area (Å²) in [7, 11) is 0. The average Bonchev–Trinajstić information content (AvgIpc) is 2.85. The Kier molecular flexibility index (Phi) is 3.30. The van der Waals surface area contributed by atoms with Crippen LogP contribution in [-0.2, 0) is 4.79 Å². The van der Waals surface area contributed by atoms with Gasteiger partial charge in [-0.2, -0.15) is 0 Å². The van der Waals surface area contributed by atoms with Gasteiger partial charge in [0.1, 0.15) is 0 Å². The van der Waals surface area contributed by atoms with E-state index in [4.69, 9.17) is 5.73 Å². The molecule has 1 saturated carbocycles. The zero-order valence-electron chi connectivity index (χ0n) is 8.56. The van der Waals surface area contributed by atoms with Gasteiger partial charge in [-0.1, -0.05) is 24.6 Å². The molecule has 1 amide bonds. The van der Waals surface area contributed by atoms with Crippen molar-refractivity contribution in [2.24, 2.45) is 5.73 Å². The first kappa shape index (κ1) is 10.5. The molecule has 0 saturated heterocycles. The number of amides is 1. The molecule has 2 rings (SSSR count). The Morgan fingerprint density at radius 2 is 2.33 bits per heavy atom. The molecule has 1 aliphatic rings. The van der Waals surface area contributed by atoms with E-state index in [1.54, 1.807) is 6.20 Å². The highest BCUT2D eigenvalue weighted by Gasteiger charge is 2.19. The zero-order chi connectivity index (χ0) is 10.7. The Morgan fingerprint density at radius 3 is 3.00 bits per heavy atom. The third-order valence-corrected chi connectivity index (χ3v) is 3.70. The highest BCUT2D eigenvalue weighted by molar-refractivity contribution is 7.99. The van der Waals surface area contributed by atoms with E-state index in [1.807, 2.05) is 6.20 Å². The summed E-state index contributed by atoms with van der Waals surface area (Å²) in [5, 5.41) is 0.917. The molecule has 15 heavy (non-hydrogen) atoms. The fourth-order valence-corrected chi connectivity index (χ4v) is 2.77. The summed E-state index contributed by atoms with van der Waals surface area (Å²) in [5.41, 5.74) is 5.12. The van der Waals surface area contributed by atoms with Crippen molar-refractivity contribution in [1.82, 2.24) is 9.55 Å². The van der Waals surface area contributed by atoms with Crippen LogP contribution in [0.15, 0.2) is 17.6 Å². The van der Waals surface area contributed by atoms with E-state index in [1.165, 1.54) is 37.4 Å². The van der Waals surface area contributed by atoms with Crippen LogP contribution in [0.25, 0.3) is 0 Å². The van der Waals surface area contributed by atoms with Crippen molar-refractivity contribution in [2.45, 2.75) is 36.9 Å². The van der Waals surface area contributed by atoms with Crippen molar-refractivity contribution < 1.29 is 4.79 Å². The number of carbonyl (C=O) groups excluding carboxylic acids is 1. The lowest BCUT2D eigenvalue weighted by atomic mass is 10.2. The number of nitrogens with two attached hydrogens (primary N) is 1. The number of carbonyl (C=O) groups is 1. The van der Waals surface area contributed by atoms with Crippen LogP contribution in [0.4, 0.5) is 0 Å². The molecule has 0 unspecified atom stereocenters. The molecule has 0 atom stereocenters. The first-order valence-corrected chi connectivity index (χ1v) is 6.20. The van der Waals surface area contributed by atoms with Gasteiger partial charge in [0.2, 0.25) is 5.91 Å². The maximum atomic E-state index is 10.7. The molecule has 82 valence electrons. The number of rotatable bonds is 4. The van der Waals surface area contributed by atoms with Gasteiger partial charge >= 0.3 is 0 Å². The van der Waals surface area contributed by atoms with E-state index in [0.717, 1.165) is 5.16 Å². The maximum absolute atomic E-state index is 10.7. The molecule has 0 aromatic carbocycles. The lowest BCUT2D eigenvalue weighted by Crippen LogP contribution is -2.14. The second-order valence-corrected chi connectivity index (χ2v) is 4.75. The van der Waals surface area contributed by atoms with Gasteiger partial charge in [0.15, 0.2) is 5.16 Å². The minimum absolute atomic E-state index is 0.291. The van der Waals surface area contributed by atoms with Gasteiger partial charge in [0, 0.05) is 18.4 Å². The highest BCUT2D eigenvalue weighted by Crippen LogP contribution is 2.32. The number of hydrogen-bond acceptors (Lipinski definition) is 3. The van der Waals surface area contributed by atoms with E-state index in [2.05, 4.69) is 9.55 Å². The van der Waals surface area contributed by atoms with E-state index in [0.29, 0.717) is 11.8 Å². The van der Waals surface area contributed by atoms with Gasteiger partial charge < -0.3 is 10.3 Å². The van der Waals surface area contributed by atoms with Crippen molar-refractivity contribution in [2.75, 3.05) is 5.75 Å². The molecule has 1 fully saturated rings. The molecule has 0 bridgehead atoms. The standard InChI is InChI=1S/C10H15N3OS/c11-9(14)7-15-10-12-5-6-13(10)8-3-1-2-4-8/h5-6,8H,1-4,7H2,(H2,11,14). The molecule has 4 nitrogen and oxygen atoms in total. The number of imidazole rings is 1. The second-order valence-electron chi connectivity index (χ2n) is 3.81. The normalized spacial score (nSPS) is 17.1. The van der Waals surface area contributed by atoms with Crippen LogP contribution in [0, 0.1) is 0 Å². The van der Waals surface area contributed by atoms with Crippen LogP contribution in [-0.4, -0.2) is 21.2 Å². The fourth-order valence-electron chi connectivity index (χ4n) is 2.01. The van der Waals surface area contributed by atoms with Crippen LogP contribution in [0.2, 0.25) is 0 Å². The molecule has 1 aliphatic carbocycles. The summed E-state index contributed by atoms with van der Waals surface area (Å²) in [4.78, 5) is 14.9. The zero-order valence-corrected chi connectivity index (χ0v) is 9.37. The second kappa shape index (κ2) is 4.70. The summed E-state index contributed by atoms with van der Waals surface area (Å²) in [6.07, 6.45) is 8.83. The van der Waals surface area contributed by atoms with E-state index < -0.39 is 0 Å². The van der Waals surface area contributed by atoms with Gasteiger partial charge in [-0.25, -0.2) is 4.98 Å². The van der Waals surface area contributed by atoms with Crippen molar-refractivity contribution in [1.29, 1.82) is 0 Å². The predicted octanol–water partition coefficient (Wildman–Crippen LogP) is 1.58. The lowest BCUT2D eigenvalue weighted by Gasteiger charge is -2.13. The third kappa shape index (κ3) is 2.53. The molecule has 2 N–H and O–H groups in total. The van der Waals surface area contributed by atoms with E-state index in [-0.39, 0.29) is 5.91 Å². The minimum atomic E-state index is -0.291. The minimum Gasteiger partial charge on any atom is -0.369 e. The number of primary amides is 1. The van der Waals surface area contributed by atoms with Crippen LogP contribution in [0.3, 0.4) is 0 Å². The molecule has 0 aliphatic heterocycles. The molecule has 1 aromatic rings. The number of thioether (sulfide) groups is 1. The monoisotopic (exact) mass is 225 g/mol. The summed E-state index contributed by atoms with van der Waals surface area (Å²) in [6, 6.07) is 0.572. The lowest BCUT2D eigenvalue weighted by molar-refractivity contribution is -0.115. The Hall–Kier alpha value is -0.970. The van der Waals surface area contributed by atoms with E-state index >= 15 is 0 Å². The van der Waals surface area contributed by atoms with Crippen molar-refractivity contribution in [3.05, 3.63) is 12.4 Å². The van der Waals surface area contributed by atoms with Crippen molar-refractivity contribution >= 4 is 17.7 Å². The molecule has 5 heteroatoms. The third-order valence-electron chi connectivity index (χ3n) is 2.69. The number of nitrogens with zero attached hydrogens (tertiary/aromatic N) is 2. The molecular formula is C10H15N3OS. The van der Waals surface area contributed by atoms with Crippen LogP contribution in [0.1, 0.15) is 31.7 Å². The van der Waals surface area contributed by atoms with Gasteiger partial charge in [0.25, 0.3) is 0 Å². The SMILES string of the molecule is NC(=O)CSc1nccn1C1CCCC1. The molecular weight excluding hydrogens is 210 g/mol. The Balaban J connectivity index is 2.04. The molecule has 0 radical (unpaired) electrons. The van der Waals surface area contributed by atoms with Crippen molar-refractivity contribution in [3.8, 4) is 0 Å².